The van der Waals surface area contributed by atoms with Crippen LogP contribution in [0.4, 0.5) is 4.79 Å². The van der Waals surface area contributed by atoms with Crippen molar-refractivity contribution in [2.24, 2.45) is 17.3 Å². The zero-order valence-electron chi connectivity index (χ0n) is 15.7. The molecule has 2 N–H and O–H groups in total. The lowest BCUT2D eigenvalue weighted by atomic mass is 9.49. The molecule has 4 bridgehead atoms. The third kappa shape index (κ3) is 4.10. The number of halogens is 1. The molecule has 5 rings (SSSR count). The highest BCUT2D eigenvalue weighted by Gasteiger charge is 2.60. The van der Waals surface area contributed by atoms with Crippen molar-refractivity contribution in [1.82, 2.24) is 10.6 Å². The van der Waals surface area contributed by atoms with Crippen molar-refractivity contribution in [3.05, 3.63) is 0 Å². The van der Waals surface area contributed by atoms with Crippen LogP contribution in [0.1, 0.15) is 70.6 Å². The van der Waals surface area contributed by atoms with Crippen LogP contribution in [0.2, 0.25) is 0 Å². The van der Waals surface area contributed by atoms with Gasteiger partial charge in [-0.1, -0.05) is 19.3 Å². The number of imide groups is 1. The maximum atomic E-state index is 12.8. The third-order valence-electron chi connectivity index (χ3n) is 6.95. The van der Waals surface area contributed by atoms with Crippen LogP contribution < -0.4 is 10.6 Å². The van der Waals surface area contributed by atoms with Crippen molar-refractivity contribution in [3.8, 4) is 0 Å². The van der Waals surface area contributed by atoms with E-state index in [0.29, 0.717) is 18.3 Å². The number of carbonyl (C=O) groups excluding carboxylic acids is 3. The summed E-state index contributed by atoms with van der Waals surface area (Å²) in [5, 5.41) is 5.09. The molecule has 0 aromatic carbocycles. The number of nitrogens with one attached hydrogen (secondary N) is 2. The molecule has 5 fully saturated rings. The van der Waals surface area contributed by atoms with Crippen molar-refractivity contribution in [3.63, 3.8) is 0 Å². The number of urea groups is 1. The van der Waals surface area contributed by atoms with Crippen LogP contribution in [0.25, 0.3) is 0 Å². The molecule has 6 nitrogen and oxygen atoms in total. The van der Waals surface area contributed by atoms with Crippen LogP contribution in [0.15, 0.2) is 0 Å². The molecular formula is C20H29ClN2O4. The number of ether oxygens (including phenoxy) is 1. The van der Waals surface area contributed by atoms with Gasteiger partial charge in [0.2, 0.25) is 0 Å². The van der Waals surface area contributed by atoms with Gasteiger partial charge in [-0.3, -0.25) is 14.9 Å². The van der Waals surface area contributed by atoms with Gasteiger partial charge in [0.1, 0.15) is 0 Å². The highest BCUT2D eigenvalue weighted by molar-refractivity contribution is 6.24. The molecule has 0 saturated heterocycles. The van der Waals surface area contributed by atoms with Crippen LogP contribution >= 0.6 is 11.6 Å². The van der Waals surface area contributed by atoms with Gasteiger partial charge in [0.15, 0.2) is 6.61 Å². The van der Waals surface area contributed by atoms with E-state index in [-0.39, 0.29) is 16.9 Å². The van der Waals surface area contributed by atoms with Gasteiger partial charge in [0.25, 0.3) is 5.91 Å². The van der Waals surface area contributed by atoms with E-state index in [4.69, 9.17) is 16.3 Å². The first-order valence-electron chi connectivity index (χ1n) is 10.3. The van der Waals surface area contributed by atoms with Gasteiger partial charge < -0.3 is 10.1 Å². The van der Waals surface area contributed by atoms with E-state index < -0.39 is 24.0 Å². The summed E-state index contributed by atoms with van der Waals surface area (Å²) < 4.78 is 5.33. The lowest BCUT2D eigenvalue weighted by Crippen LogP contribution is -2.56. The number of alkyl halides is 1. The maximum absolute atomic E-state index is 12.8. The second kappa shape index (κ2) is 7.26. The number of hydrogen-bond donors (Lipinski definition) is 2. The molecule has 2 atom stereocenters. The first-order valence-corrected chi connectivity index (χ1v) is 10.7. The topological polar surface area (TPSA) is 84.5 Å². The summed E-state index contributed by atoms with van der Waals surface area (Å²) in [6, 6.07) is -0.376. The van der Waals surface area contributed by atoms with Crippen LogP contribution in [-0.2, 0) is 14.3 Å². The van der Waals surface area contributed by atoms with Crippen LogP contribution in [0, 0.1) is 17.3 Å². The first kappa shape index (κ1) is 19.0. The van der Waals surface area contributed by atoms with E-state index in [1.54, 1.807) is 0 Å². The lowest BCUT2D eigenvalue weighted by molar-refractivity contribution is -0.171. The maximum Gasteiger partial charge on any atom is 0.321 e. The Labute approximate surface area is 165 Å². The Morgan fingerprint density at radius 1 is 1.00 bits per heavy atom. The molecule has 5 saturated carbocycles. The highest BCUT2D eigenvalue weighted by atomic mass is 35.5. The molecule has 0 aromatic heterocycles. The summed E-state index contributed by atoms with van der Waals surface area (Å²) in [6.45, 7) is -0.413. The summed E-state index contributed by atoms with van der Waals surface area (Å²) in [6.07, 6.45) is 10.7. The predicted molar refractivity (Wildman–Crippen MR) is 100 cm³/mol. The van der Waals surface area contributed by atoms with Crippen molar-refractivity contribution in [1.29, 1.82) is 0 Å². The summed E-state index contributed by atoms with van der Waals surface area (Å²) in [4.78, 5) is 36.5. The minimum atomic E-state index is -0.582. The Morgan fingerprint density at radius 2 is 1.67 bits per heavy atom. The number of esters is 1. The predicted octanol–water partition coefficient (Wildman–Crippen LogP) is 3.27. The molecule has 0 spiro atoms. The normalized spacial score (nSPS) is 37.7. The minimum absolute atomic E-state index is 0.126. The Hall–Kier alpha value is -1.30. The van der Waals surface area contributed by atoms with Gasteiger partial charge >= 0.3 is 12.0 Å². The van der Waals surface area contributed by atoms with Crippen LogP contribution in [-0.4, -0.2) is 35.4 Å². The van der Waals surface area contributed by atoms with Gasteiger partial charge in [-0.2, -0.15) is 0 Å². The molecule has 0 aliphatic heterocycles. The highest BCUT2D eigenvalue weighted by Crippen LogP contribution is 2.64. The van der Waals surface area contributed by atoms with Crippen molar-refractivity contribution in [2.75, 3.05) is 6.61 Å². The van der Waals surface area contributed by atoms with E-state index >= 15 is 0 Å². The average Bonchev–Trinajstić information content (AvgIpc) is 2.58. The molecule has 3 amide bonds. The summed E-state index contributed by atoms with van der Waals surface area (Å²) in [5.74, 6) is 0.0873. The number of amides is 3. The molecule has 0 heterocycles. The van der Waals surface area contributed by atoms with Crippen LogP contribution in [0.5, 0.6) is 0 Å². The Balaban J connectivity index is 1.25. The molecule has 5 aliphatic carbocycles. The van der Waals surface area contributed by atoms with E-state index in [2.05, 4.69) is 10.6 Å². The molecule has 0 aromatic rings. The van der Waals surface area contributed by atoms with Crippen molar-refractivity contribution in [2.45, 2.75) is 81.5 Å². The van der Waals surface area contributed by atoms with E-state index in [0.717, 1.165) is 57.8 Å². The zero-order valence-corrected chi connectivity index (χ0v) is 16.5. The fourth-order valence-corrected chi connectivity index (χ4v) is 7.00. The van der Waals surface area contributed by atoms with E-state index in [9.17, 15) is 14.4 Å². The van der Waals surface area contributed by atoms with Gasteiger partial charge in [-0.15, -0.1) is 11.6 Å². The Kier molecular flexibility index (Phi) is 5.12. The smallest absolute Gasteiger partial charge is 0.321 e. The summed E-state index contributed by atoms with van der Waals surface area (Å²) in [7, 11) is 0. The molecule has 5 aliphatic rings. The average molecular weight is 397 g/mol. The van der Waals surface area contributed by atoms with Crippen molar-refractivity contribution >= 4 is 29.5 Å². The molecule has 27 heavy (non-hydrogen) atoms. The molecule has 0 radical (unpaired) electrons. The number of hydrogen-bond acceptors (Lipinski definition) is 4. The quantitative estimate of drug-likeness (QED) is 0.564. The number of rotatable bonds is 4. The van der Waals surface area contributed by atoms with Gasteiger partial charge in [-0.05, 0) is 63.2 Å². The summed E-state index contributed by atoms with van der Waals surface area (Å²) >= 11 is 6.75. The van der Waals surface area contributed by atoms with Gasteiger partial charge in [0.05, 0.1) is 5.41 Å². The monoisotopic (exact) mass is 396 g/mol. The summed E-state index contributed by atoms with van der Waals surface area (Å²) in [5.41, 5.74) is -0.531. The Bertz CT molecular complexity index is 617. The van der Waals surface area contributed by atoms with E-state index in [1.165, 1.54) is 6.42 Å². The SMILES string of the molecule is O=C(COC(=O)C12C[C@H]3C[C@@H](CC(Cl)(C3)C1)C2)NC(=O)NC1CCCCC1. The van der Waals surface area contributed by atoms with Crippen LogP contribution in [0.3, 0.4) is 0 Å². The molecule has 150 valence electrons. The largest absolute Gasteiger partial charge is 0.455 e. The molecular weight excluding hydrogens is 368 g/mol. The lowest BCUT2D eigenvalue weighted by Gasteiger charge is -2.58. The first-order chi connectivity index (χ1) is 12.9. The zero-order chi connectivity index (χ0) is 19.1. The number of carbonyl (C=O) groups is 3. The second-order valence-electron chi connectivity index (χ2n) is 9.32. The van der Waals surface area contributed by atoms with E-state index in [1.807, 2.05) is 0 Å². The third-order valence-corrected chi connectivity index (χ3v) is 7.39. The van der Waals surface area contributed by atoms with Gasteiger partial charge in [-0.25, -0.2) is 4.79 Å². The standard InChI is InChI=1S/C20H29ClN2O4/c21-20-9-13-6-14(10-20)8-19(7-13,12-20)17(25)27-11-16(24)23-18(26)22-15-4-2-1-3-5-15/h13-15H,1-12H2,(H2,22,23,24,26)/t13-,14-,19?,20?/m1/s1. The minimum Gasteiger partial charge on any atom is -0.455 e. The Morgan fingerprint density at radius 3 is 2.30 bits per heavy atom. The van der Waals surface area contributed by atoms with Gasteiger partial charge in [0, 0.05) is 10.9 Å². The molecule has 0 unspecified atom stereocenters. The van der Waals surface area contributed by atoms with Crippen molar-refractivity contribution < 1.29 is 19.1 Å². The second-order valence-corrected chi connectivity index (χ2v) is 10.1. The fourth-order valence-electron chi connectivity index (χ4n) is 6.30. The molecule has 7 heteroatoms. The fraction of sp³-hybridized carbons (Fsp3) is 0.850.